The summed E-state index contributed by atoms with van der Waals surface area (Å²) in [5.41, 5.74) is -0.691. The van der Waals surface area contributed by atoms with Crippen LogP contribution < -0.4 is 0 Å². The van der Waals surface area contributed by atoms with Crippen molar-refractivity contribution < 1.29 is 28.9 Å². The first-order chi connectivity index (χ1) is 8.19. The van der Waals surface area contributed by atoms with Crippen molar-refractivity contribution in [3.8, 4) is 0 Å². The molecule has 0 rings (SSSR count). The van der Waals surface area contributed by atoms with Crippen molar-refractivity contribution in [2.24, 2.45) is 0 Å². The lowest BCUT2D eigenvalue weighted by atomic mass is 10.2. The SMILES string of the molecule is COC(CN(CC(=O)O)C(=O)OC(C)(C)C)OC. The van der Waals surface area contributed by atoms with Crippen LogP contribution in [-0.4, -0.2) is 61.3 Å². The summed E-state index contributed by atoms with van der Waals surface area (Å²) in [7, 11) is 2.81. The van der Waals surface area contributed by atoms with Crippen molar-refractivity contribution in [1.82, 2.24) is 4.90 Å². The minimum Gasteiger partial charge on any atom is -0.480 e. The molecule has 0 aliphatic carbocycles. The fraction of sp³-hybridized carbons (Fsp3) is 0.818. The molecule has 7 heteroatoms. The summed E-state index contributed by atoms with van der Waals surface area (Å²) in [4.78, 5) is 23.5. The monoisotopic (exact) mass is 263 g/mol. The molecule has 0 aromatic heterocycles. The van der Waals surface area contributed by atoms with Crippen LogP contribution >= 0.6 is 0 Å². The van der Waals surface area contributed by atoms with Crippen LogP contribution in [0.3, 0.4) is 0 Å². The number of aliphatic carboxylic acids is 1. The first kappa shape index (κ1) is 16.7. The molecule has 0 bridgehead atoms. The van der Waals surface area contributed by atoms with E-state index in [1.807, 2.05) is 0 Å². The van der Waals surface area contributed by atoms with Gasteiger partial charge in [-0.25, -0.2) is 4.79 Å². The van der Waals surface area contributed by atoms with Crippen LogP contribution in [0, 0.1) is 0 Å². The average molecular weight is 263 g/mol. The van der Waals surface area contributed by atoms with E-state index in [9.17, 15) is 9.59 Å². The number of amides is 1. The number of hydrogen-bond donors (Lipinski definition) is 1. The lowest BCUT2D eigenvalue weighted by molar-refractivity contribution is -0.142. The molecule has 1 amide bonds. The van der Waals surface area contributed by atoms with E-state index in [-0.39, 0.29) is 6.54 Å². The van der Waals surface area contributed by atoms with Crippen LogP contribution in [0.15, 0.2) is 0 Å². The molecular formula is C11H21NO6. The number of carboxylic acid groups (broad SMARTS) is 1. The highest BCUT2D eigenvalue weighted by molar-refractivity contribution is 5.76. The molecule has 106 valence electrons. The topological polar surface area (TPSA) is 85.3 Å². The highest BCUT2D eigenvalue weighted by Crippen LogP contribution is 2.10. The Bertz CT molecular complexity index is 282. The third kappa shape index (κ3) is 7.08. The Labute approximate surface area is 107 Å². The fourth-order valence-electron chi connectivity index (χ4n) is 1.12. The number of carboxylic acids is 1. The molecule has 0 aliphatic heterocycles. The van der Waals surface area contributed by atoms with Crippen molar-refractivity contribution in [3.05, 3.63) is 0 Å². The van der Waals surface area contributed by atoms with Gasteiger partial charge in [-0.15, -0.1) is 0 Å². The molecule has 0 fully saturated rings. The second-order valence-electron chi connectivity index (χ2n) is 4.66. The average Bonchev–Trinajstić information content (AvgIpc) is 2.21. The van der Waals surface area contributed by atoms with Gasteiger partial charge in [0.15, 0.2) is 6.29 Å². The number of carbonyl (C=O) groups is 2. The molecule has 0 aromatic carbocycles. The van der Waals surface area contributed by atoms with Gasteiger partial charge in [0.1, 0.15) is 12.1 Å². The maximum Gasteiger partial charge on any atom is 0.410 e. The Morgan fingerprint density at radius 3 is 2.06 bits per heavy atom. The number of rotatable bonds is 6. The smallest absolute Gasteiger partial charge is 0.410 e. The molecule has 0 aromatic rings. The van der Waals surface area contributed by atoms with E-state index in [1.165, 1.54) is 14.2 Å². The normalized spacial score (nSPS) is 11.4. The molecule has 0 radical (unpaired) electrons. The Morgan fingerprint density at radius 1 is 1.22 bits per heavy atom. The number of carbonyl (C=O) groups excluding carboxylic acids is 1. The summed E-state index contributed by atoms with van der Waals surface area (Å²) in [6.07, 6.45) is -1.42. The molecule has 0 saturated carbocycles. The minimum absolute atomic E-state index is 0.0196. The Morgan fingerprint density at radius 2 is 1.72 bits per heavy atom. The van der Waals surface area contributed by atoms with E-state index >= 15 is 0 Å². The Hall–Kier alpha value is -1.34. The van der Waals surface area contributed by atoms with Crippen LogP contribution in [0.2, 0.25) is 0 Å². The molecule has 0 unspecified atom stereocenters. The molecule has 1 N–H and O–H groups in total. The van der Waals surface area contributed by atoms with Crippen molar-refractivity contribution in [2.45, 2.75) is 32.7 Å². The van der Waals surface area contributed by atoms with Crippen LogP contribution in [0.5, 0.6) is 0 Å². The molecule has 18 heavy (non-hydrogen) atoms. The highest BCUT2D eigenvalue weighted by atomic mass is 16.7. The summed E-state index contributed by atoms with van der Waals surface area (Å²) in [5, 5.41) is 8.76. The quantitative estimate of drug-likeness (QED) is 0.717. The van der Waals surface area contributed by atoms with Gasteiger partial charge in [-0.1, -0.05) is 0 Å². The molecule has 0 spiro atoms. The molecule has 0 atom stereocenters. The van der Waals surface area contributed by atoms with E-state index in [0.717, 1.165) is 4.90 Å². The number of nitrogens with zero attached hydrogens (tertiary/aromatic N) is 1. The van der Waals surface area contributed by atoms with E-state index in [1.54, 1.807) is 20.8 Å². The number of hydrogen-bond acceptors (Lipinski definition) is 5. The standard InChI is InChI=1S/C11H21NO6/c1-11(2,3)18-10(15)12(6-8(13)14)7-9(16-4)17-5/h9H,6-7H2,1-5H3,(H,13,14). The molecular weight excluding hydrogens is 242 g/mol. The molecule has 0 aliphatic rings. The van der Waals surface area contributed by atoms with Gasteiger partial charge in [0, 0.05) is 14.2 Å². The van der Waals surface area contributed by atoms with Crippen molar-refractivity contribution in [1.29, 1.82) is 0 Å². The van der Waals surface area contributed by atoms with Gasteiger partial charge < -0.3 is 19.3 Å². The lowest BCUT2D eigenvalue weighted by Crippen LogP contribution is -2.44. The summed E-state index contributed by atoms with van der Waals surface area (Å²) in [6.45, 7) is 4.61. The minimum atomic E-state index is -1.13. The largest absolute Gasteiger partial charge is 0.480 e. The summed E-state index contributed by atoms with van der Waals surface area (Å²) in [5.74, 6) is -1.13. The molecule has 0 heterocycles. The van der Waals surface area contributed by atoms with E-state index in [4.69, 9.17) is 19.3 Å². The van der Waals surface area contributed by atoms with Gasteiger partial charge in [-0.2, -0.15) is 0 Å². The zero-order valence-electron chi connectivity index (χ0n) is 11.4. The third-order valence-electron chi connectivity index (χ3n) is 1.87. The van der Waals surface area contributed by atoms with Gasteiger partial charge in [-0.05, 0) is 20.8 Å². The first-order valence-corrected chi connectivity index (χ1v) is 5.45. The first-order valence-electron chi connectivity index (χ1n) is 5.45. The van der Waals surface area contributed by atoms with E-state index in [2.05, 4.69) is 0 Å². The number of methoxy groups -OCH3 is 2. The van der Waals surface area contributed by atoms with Crippen molar-refractivity contribution >= 4 is 12.1 Å². The predicted octanol–water partition coefficient (Wildman–Crippen LogP) is 0.927. The van der Waals surface area contributed by atoms with Crippen LogP contribution in [0.25, 0.3) is 0 Å². The van der Waals surface area contributed by atoms with Crippen molar-refractivity contribution in [2.75, 3.05) is 27.3 Å². The zero-order valence-corrected chi connectivity index (χ0v) is 11.4. The predicted molar refractivity (Wildman–Crippen MR) is 63.2 cm³/mol. The maximum absolute atomic E-state index is 11.8. The molecule has 0 saturated heterocycles. The van der Waals surface area contributed by atoms with E-state index in [0.29, 0.717) is 0 Å². The van der Waals surface area contributed by atoms with Gasteiger partial charge in [-0.3, -0.25) is 9.69 Å². The maximum atomic E-state index is 11.8. The molecule has 7 nitrogen and oxygen atoms in total. The second-order valence-corrected chi connectivity index (χ2v) is 4.66. The lowest BCUT2D eigenvalue weighted by Gasteiger charge is -2.28. The second kappa shape index (κ2) is 7.17. The van der Waals surface area contributed by atoms with Crippen molar-refractivity contribution in [3.63, 3.8) is 0 Å². The zero-order chi connectivity index (χ0) is 14.3. The Kier molecular flexibility index (Phi) is 6.64. The van der Waals surface area contributed by atoms with E-state index < -0.39 is 30.5 Å². The summed E-state index contributed by atoms with van der Waals surface area (Å²) < 4.78 is 15.0. The summed E-state index contributed by atoms with van der Waals surface area (Å²) >= 11 is 0. The van der Waals surface area contributed by atoms with Gasteiger partial charge in [0.2, 0.25) is 0 Å². The fourth-order valence-corrected chi connectivity index (χ4v) is 1.12. The number of ether oxygens (including phenoxy) is 3. The van der Waals surface area contributed by atoms with Crippen LogP contribution in [0.4, 0.5) is 4.79 Å². The van der Waals surface area contributed by atoms with Gasteiger partial charge in [0.05, 0.1) is 6.54 Å². The Balaban J connectivity index is 4.66. The summed E-state index contributed by atoms with van der Waals surface area (Å²) in [6, 6.07) is 0. The van der Waals surface area contributed by atoms with Crippen LogP contribution in [0.1, 0.15) is 20.8 Å². The van der Waals surface area contributed by atoms with Crippen LogP contribution in [-0.2, 0) is 19.0 Å². The highest BCUT2D eigenvalue weighted by Gasteiger charge is 2.26. The van der Waals surface area contributed by atoms with Gasteiger partial charge in [0.25, 0.3) is 0 Å². The third-order valence-corrected chi connectivity index (χ3v) is 1.87. The van der Waals surface area contributed by atoms with Gasteiger partial charge >= 0.3 is 12.1 Å².